The van der Waals surface area contributed by atoms with Gasteiger partial charge in [0.05, 0.1) is 25.7 Å². The molecule has 31 heavy (non-hydrogen) atoms. The Morgan fingerprint density at radius 3 is 2.81 bits per heavy atom. The highest BCUT2D eigenvalue weighted by Gasteiger charge is 2.73. The fraction of sp³-hybridized carbons (Fsp3) is 0.833. The Morgan fingerprint density at radius 1 is 1.39 bits per heavy atom. The number of quaternary nitrogens is 1. The quantitative estimate of drug-likeness (QED) is 0.391. The molecule has 3 aliphatic carbocycles. The molecule has 3 fully saturated rings. The van der Waals surface area contributed by atoms with E-state index in [-0.39, 0.29) is 16.7 Å². The van der Waals surface area contributed by atoms with Gasteiger partial charge >= 0.3 is 0 Å². The number of hydrogen-bond acceptors (Lipinski definition) is 5. The lowest BCUT2D eigenvalue weighted by molar-refractivity contribution is -0.828. The number of nitrogens with zero attached hydrogens (tertiary/aromatic N) is 1. The first kappa shape index (κ1) is 22.7. The van der Waals surface area contributed by atoms with Crippen LogP contribution in [0.1, 0.15) is 46.0 Å². The van der Waals surface area contributed by atoms with E-state index in [1.165, 1.54) is 16.9 Å². The number of likely N-dealkylation sites (tertiary alicyclic amines) is 1. The van der Waals surface area contributed by atoms with Crippen molar-refractivity contribution in [3.8, 4) is 0 Å². The van der Waals surface area contributed by atoms with Crippen molar-refractivity contribution in [2.75, 3.05) is 46.9 Å². The third-order valence-electron chi connectivity index (χ3n) is 9.46. The van der Waals surface area contributed by atoms with Gasteiger partial charge in [-0.25, -0.2) is 4.99 Å². The van der Waals surface area contributed by atoms with Crippen LogP contribution in [0, 0.1) is 34.5 Å². The van der Waals surface area contributed by atoms with Crippen LogP contribution >= 0.6 is 0 Å². The van der Waals surface area contributed by atoms with Crippen LogP contribution in [0.25, 0.3) is 0 Å². The maximum atomic E-state index is 12.4. The fourth-order valence-corrected chi connectivity index (χ4v) is 8.46. The largest absolute Gasteiger partial charge is 0.545 e. The normalized spacial score (nSPS) is 42.3. The zero-order valence-corrected chi connectivity index (χ0v) is 19.6. The minimum Gasteiger partial charge on any atom is -0.545 e. The van der Waals surface area contributed by atoms with Crippen LogP contribution in [0.15, 0.2) is 16.1 Å². The maximum absolute atomic E-state index is 12.4. The summed E-state index contributed by atoms with van der Waals surface area (Å²) in [6, 6.07) is 0. The van der Waals surface area contributed by atoms with E-state index in [0.717, 1.165) is 45.3 Å². The van der Waals surface area contributed by atoms with E-state index in [0.29, 0.717) is 42.5 Å². The van der Waals surface area contributed by atoms with E-state index < -0.39 is 5.97 Å². The van der Waals surface area contributed by atoms with Crippen molar-refractivity contribution in [2.45, 2.75) is 46.0 Å². The first-order chi connectivity index (χ1) is 14.9. The summed E-state index contributed by atoms with van der Waals surface area (Å²) >= 11 is 0. The van der Waals surface area contributed by atoms with Crippen LogP contribution in [0.4, 0.5) is 0 Å². The van der Waals surface area contributed by atoms with Crippen LogP contribution in [0.5, 0.6) is 0 Å². The number of carboxylic acids is 1. The van der Waals surface area contributed by atoms with E-state index in [2.05, 4.69) is 17.2 Å². The molecule has 7 heteroatoms. The number of carbonyl (C=O) groups excluding carboxylic acids is 1. The molecule has 0 radical (unpaired) electrons. The van der Waals surface area contributed by atoms with Gasteiger partial charge in [0, 0.05) is 36.8 Å². The molecular weight excluding hydrogens is 392 g/mol. The number of carboxylic acid groups (broad SMARTS) is 1. The molecule has 1 aliphatic heterocycles. The average molecular weight is 433 g/mol. The van der Waals surface area contributed by atoms with Gasteiger partial charge in [0.2, 0.25) is 0 Å². The fourth-order valence-electron chi connectivity index (χ4n) is 8.46. The summed E-state index contributed by atoms with van der Waals surface area (Å²) in [7, 11) is 3.81. The van der Waals surface area contributed by atoms with Gasteiger partial charge in [0.15, 0.2) is 0 Å². The second-order valence-electron chi connectivity index (χ2n) is 10.3. The van der Waals surface area contributed by atoms with E-state index in [4.69, 9.17) is 10.5 Å². The number of aliphatic carboxylic acids is 1. The SMILES string of the molecule is CCOCC1CC23C(=C1C(=O)[O-])CC(CCC2C)C31C[NH+](C(N)=NC)CCC1CNC. The number of rotatable bonds is 6. The van der Waals surface area contributed by atoms with Crippen molar-refractivity contribution in [3.05, 3.63) is 11.1 Å². The molecular formula is C24H40N4O3. The molecule has 0 aromatic carbocycles. The van der Waals surface area contributed by atoms with Crippen molar-refractivity contribution in [1.29, 1.82) is 0 Å². The Bertz CT molecular complexity index is 781. The molecule has 174 valence electrons. The molecule has 1 heterocycles. The lowest BCUT2D eigenvalue weighted by Gasteiger charge is -2.60. The summed E-state index contributed by atoms with van der Waals surface area (Å²) in [4.78, 5) is 18.0. The van der Waals surface area contributed by atoms with Crippen molar-refractivity contribution >= 4 is 11.9 Å². The van der Waals surface area contributed by atoms with Crippen LogP contribution < -0.4 is 21.1 Å². The number of nitrogens with one attached hydrogen (secondary N) is 2. The minimum atomic E-state index is -0.980. The Hall–Kier alpha value is -1.44. The molecule has 0 aromatic rings. The van der Waals surface area contributed by atoms with Gasteiger partial charge in [-0.3, -0.25) is 4.90 Å². The van der Waals surface area contributed by atoms with Gasteiger partial charge in [-0.15, -0.1) is 0 Å². The third-order valence-corrected chi connectivity index (χ3v) is 9.46. The zero-order valence-electron chi connectivity index (χ0n) is 19.6. The molecule has 7 atom stereocenters. The van der Waals surface area contributed by atoms with Crippen LogP contribution in [0.3, 0.4) is 0 Å². The Morgan fingerprint density at radius 2 is 2.16 bits per heavy atom. The molecule has 0 amide bonds. The predicted octanol–water partition coefficient (Wildman–Crippen LogP) is -0.419. The summed E-state index contributed by atoms with van der Waals surface area (Å²) in [6.07, 6.45) is 5.18. The Labute approximate surface area is 186 Å². The topological polar surface area (TPSA) is 104 Å². The first-order valence-electron chi connectivity index (χ1n) is 12.1. The Balaban J connectivity index is 1.88. The number of aliphatic imine (C=N–C) groups is 1. The number of guanidine groups is 1. The number of ether oxygens (including phenoxy) is 1. The molecule has 4 N–H and O–H groups in total. The second kappa shape index (κ2) is 8.49. The van der Waals surface area contributed by atoms with E-state index >= 15 is 0 Å². The summed E-state index contributed by atoms with van der Waals surface area (Å²) in [5.41, 5.74) is 8.06. The molecule has 7 unspecified atom stereocenters. The Kier molecular flexibility index (Phi) is 6.23. The number of nitrogens with two attached hydrogens (primary N) is 1. The highest BCUT2D eigenvalue weighted by molar-refractivity contribution is 5.88. The van der Waals surface area contributed by atoms with Crippen LogP contribution in [0.2, 0.25) is 0 Å². The van der Waals surface area contributed by atoms with Gasteiger partial charge in [-0.05, 0) is 69.5 Å². The zero-order chi connectivity index (χ0) is 22.4. The van der Waals surface area contributed by atoms with E-state index in [1.54, 1.807) is 7.05 Å². The lowest BCUT2D eigenvalue weighted by atomic mass is 9.45. The highest BCUT2D eigenvalue weighted by Crippen LogP contribution is 2.76. The summed E-state index contributed by atoms with van der Waals surface area (Å²) in [5.74, 6) is 1.08. The van der Waals surface area contributed by atoms with E-state index in [1.807, 2.05) is 14.0 Å². The van der Waals surface area contributed by atoms with Crippen molar-refractivity contribution in [2.24, 2.45) is 45.2 Å². The summed E-state index contributed by atoms with van der Waals surface area (Å²) in [5, 5.41) is 15.9. The second-order valence-corrected chi connectivity index (χ2v) is 10.3. The summed E-state index contributed by atoms with van der Waals surface area (Å²) < 4.78 is 5.78. The van der Waals surface area contributed by atoms with Gasteiger partial charge in [-0.2, -0.15) is 0 Å². The standard InChI is InChI=1S/C24H40N4O3/c1-5-31-13-16-11-23-15(2)6-7-17(10-19(23)20(16)21(29)30)24(23)14-28(22(25)27-4)9-8-18(24)12-26-3/h15-18,26H,5-14H2,1-4H3,(H2,25,27)(H,29,30). The highest BCUT2D eigenvalue weighted by atomic mass is 16.5. The van der Waals surface area contributed by atoms with Crippen LogP contribution in [-0.4, -0.2) is 58.9 Å². The van der Waals surface area contributed by atoms with Gasteiger partial charge < -0.3 is 25.7 Å². The molecule has 4 rings (SSSR count). The lowest BCUT2D eigenvalue weighted by Crippen LogP contribution is -3.19. The molecule has 4 aliphatic rings. The smallest absolute Gasteiger partial charge is 0.293 e. The molecule has 2 saturated carbocycles. The summed E-state index contributed by atoms with van der Waals surface area (Å²) in [6.45, 7) is 8.31. The number of hydrogen-bond donors (Lipinski definition) is 3. The van der Waals surface area contributed by atoms with E-state index in [9.17, 15) is 9.90 Å². The van der Waals surface area contributed by atoms with Crippen molar-refractivity contribution in [3.63, 3.8) is 0 Å². The van der Waals surface area contributed by atoms with Crippen molar-refractivity contribution in [1.82, 2.24) is 5.32 Å². The molecule has 0 aromatic heterocycles. The third kappa shape index (κ3) is 3.10. The van der Waals surface area contributed by atoms with Gasteiger partial charge in [0.1, 0.15) is 0 Å². The van der Waals surface area contributed by atoms with Gasteiger partial charge in [0.25, 0.3) is 5.96 Å². The molecule has 2 spiro atoms. The monoisotopic (exact) mass is 432 g/mol. The maximum Gasteiger partial charge on any atom is 0.293 e. The van der Waals surface area contributed by atoms with Gasteiger partial charge in [-0.1, -0.05) is 12.5 Å². The average Bonchev–Trinajstić information content (AvgIpc) is 3.15. The van der Waals surface area contributed by atoms with Crippen molar-refractivity contribution < 1.29 is 19.5 Å². The molecule has 2 bridgehead atoms. The number of piperidine rings is 1. The minimum absolute atomic E-state index is 0.0353. The predicted molar refractivity (Wildman–Crippen MR) is 118 cm³/mol. The molecule has 7 nitrogen and oxygen atoms in total. The number of carbonyl (C=O) groups is 1. The van der Waals surface area contributed by atoms with Crippen LogP contribution in [-0.2, 0) is 9.53 Å². The first-order valence-corrected chi connectivity index (χ1v) is 12.1. The molecule has 1 saturated heterocycles. The number of allylic oxidation sites excluding steroid dienone is 1.